The minimum absolute atomic E-state index is 0.149. The molecule has 0 fully saturated rings. The average molecular weight is 250 g/mol. The highest BCUT2D eigenvalue weighted by Gasteiger charge is 2.10. The van der Waals surface area contributed by atoms with Crippen LogP contribution < -0.4 is 5.32 Å². The van der Waals surface area contributed by atoms with Crippen LogP contribution in [0.3, 0.4) is 0 Å². The molecule has 1 N–H and O–H groups in total. The summed E-state index contributed by atoms with van der Waals surface area (Å²) in [6, 6.07) is 0. The Kier molecular flexibility index (Phi) is 7.33. The molecule has 78 valence electrons. The molecule has 1 amide bonds. The maximum Gasteiger partial charge on any atom is 0.222 e. The van der Waals surface area contributed by atoms with Crippen LogP contribution in [0.15, 0.2) is 0 Å². The molecular weight excluding hydrogens is 230 g/mol. The molecule has 0 bridgehead atoms. The number of hydrogen-bond acceptors (Lipinski definition) is 1. The molecule has 0 aromatic rings. The summed E-state index contributed by atoms with van der Waals surface area (Å²) in [5.41, 5.74) is 0. The Hall–Kier alpha value is -0.0500. The summed E-state index contributed by atoms with van der Waals surface area (Å²) < 4.78 is 0. The van der Waals surface area contributed by atoms with Gasteiger partial charge in [0.2, 0.25) is 5.91 Å². The molecule has 0 rings (SSSR count). The Morgan fingerprint density at radius 3 is 2.54 bits per heavy atom. The van der Waals surface area contributed by atoms with Gasteiger partial charge in [0.05, 0.1) is 0 Å². The summed E-state index contributed by atoms with van der Waals surface area (Å²) in [5.74, 6) is 0.896. The summed E-state index contributed by atoms with van der Waals surface area (Å²) in [5, 5.41) is 3.97. The second-order valence-electron chi connectivity index (χ2n) is 3.64. The summed E-state index contributed by atoms with van der Waals surface area (Å²) in [7, 11) is 0. The van der Waals surface area contributed by atoms with E-state index in [1.54, 1.807) is 0 Å². The highest BCUT2D eigenvalue weighted by Crippen LogP contribution is 2.04. The van der Waals surface area contributed by atoms with Gasteiger partial charge >= 0.3 is 0 Å². The van der Waals surface area contributed by atoms with Crippen molar-refractivity contribution in [1.82, 2.24) is 5.32 Å². The van der Waals surface area contributed by atoms with Gasteiger partial charge in [0.15, 0.2) is 0 Å². The number of halogens is 1. The van der Waals surface area contributed by atoms with Crippen LogP contribution in [0, 0.1) is 11.8 Å². The van der Waals surface area contributed by atoms with Crippen LogP contribution in [0.1, 0.15) is 33.6 Å². The van der Waals surface area contributed by atoms with E-state index in [1.165, 1.54) is 0 Å². The summed E-state index contributed by atoms with van der Waals surface area (Å²) in [6.07, 6.45) is 2.03. The number of carbonyl (C=O) groups excluding carboxylic acids is 1. The normalized spacial score (nSPS) is 15.1. The molecule has 2 atom stereocenters. The maximum atomic E-state index is 11.4. The fourth-order valence-electron chi connectivity index (χ4n) is 0.923. The van der Waals surface area contributed by atoms with Crippen molar-refractivity contribution < 1.29 is 4.79 Å². The van der Waals surface area contributed by atoms with Crippen molar-refractivity contribution in [2.45, 2.75) is 33.6 Å². The average Bonchev–Trinajstić information content (AvgIpc) is 2.13. The Morgan fingerprint density at radius 2 is 2.08 bits per heavy atom. The van der Waals surface area contributed by atoms with Gasteiger partial charge < -0.3 is 5.32 Å². The molecule has 3 heteroatoms. The highest BCUT2D eigenvalue weighted by molar-refractivity contribution is 9.09. The van der Waals surface area contributed by atoms with Crippen LogP contribution in [0.5, 0.6) is 0 Å². The zero-order chi connectivity index (χ0) is 10.3. The van der Waals surface area contributed by atoms with E-state index in [-0.39, 0.29) is 11.8 Å². The van der Waals surface area contributed by atoms with Gasteiger partial charge in [-0.25, -0.2) is 0 Å². The van der Waals surface area contributed by atoms with Crippen LogP contribution in [-0.2, 0) is 4.79 Å². The first-order valence-corrected chi connectivity index (χ1v) is 6.07. The highest BCUT2D eigenvalue weighted by atomic mass is 79.9. The first-order valence-electron chi connectivity index (χ1n) is 4.95. The third-order valence-electron chi connectivity index (χ3n) is 2.29. The standard InChI is InChI=1S/C10H20BrNO/c1-4-9(3)10(13)12-7-8(2)5-6-11/h8-9H,4-7H2,1-3H3,(H,12,13). The van der Waals surface area contributed by atoms with Gasteiger partial charge in [-0.2, -0.15) is 0 Å². The van der Waals surface area contributed by atoms with Crippen molar-refractivity contribution in [3.05, 3.63) is 0 Å². The van der Waals surface area contributed by atoms with Crippen LogP contribution >= 0.6 is 15.9 Å². The first kappa shape index (κ1) is 12.9. The fraction of sp³-hybridized carbons (Fsp3) is 0.900. The van der Waals surface area contributed by atoms with E-state index in [4.69, 9.17) is 0 Å². The molecule has 0 aliphatic carbocycles. The largest absolute Gasteiger partial charge is 0.356 e. The molecule has 13 heavy (non-hydrogen) atoms. The number of hydrogen-bond donors (Lipinski definition) is 1. The molecule has 0 spiro atoms. The van der Waals surface area contributed by atoms with Crippen molar-refractivity contribution in [3.8, 4) is 0 Å². The molecule has 2 unspecified atom stereocenters. The van der Waals surface area contributed by atoms with Crippen LogP contribution in [-0.4, -0.2) is 17.8 Å². The molecule has 0 saturated heterocycles. The molecule has 0 heterocycles. The Morgan fingerprint density at radius 1 is 1.46 bits per heavy atom. The number of nitrogens with one attached hydrogen (secondary N) is 1. The Bertz CT molecular complexity index is 150. The predicted octanol–water partition coefficient (Wildman–Crippen LogP) is 2.57. The van der Waals surface area contributed by atoms with Crippen molar-refractivity contribution in [2.24, 2.45) is 11.8 Å². The SMILES string of the molecule is CCC(C)C(=O)NCC(C)CCBr. The van der Waals surface area contributed by atoms with E-state index >= 15 is 0 Å². The molecule has 0 saturated carbocycles. The molecule has 2 nitrogen and oxygen atoms in total. The summed E-state index contributed by atoms with van der Waals surface area (Å²) in [6.45, 7) is 6.95. The van der Waals surface area contributed by atoms with Crippen molar-refractivity contribution >= 4 is 21.8 Å². The maximum absolute atomic E-state index is 11.4. The predicted molar refractivity (Wildman–Crippen MR) is 60.0 cm³/mol. The smallest absolute Gasteiger partial charge is 0.222 e. The summed E-state index contributed by atoms with van der Waals surface area (Å²) in [4.78, 5) is 11.4. The monoisotopic (exact) mass is 249 g/mol. The lowest BCUT2D eigenvalue weighted by molar-refractivity contribution is -0.124. The number of amides is 1. The molecule has 0 aliphatic rings. The summed E-state index contributed by atoms with van der Waals surface area (Å²) >= 11 is 3.39. The van der Waals surface area contributed by atoms with Crippen molar-refractivity contribution in [2.75, 3.05) is 11.9 Å². The van der Waals surface area contributed by atoms with Gasteiger partial charge in [0.25, 0.3) is 0 Å². The molecule has 0 aromatic carbocycles. The van der Waals surface area contributed by atoms with Crippen molar-refractivity contribution in [1.29, 1.82) is 0 Å². The fourth-order valence-corrected chi connectivity index (χ4v) is 1.70. The first-order chi connectivity index (χ1) is 6.11. The molecule has 0 radical (unpaired) electrons. The minimum atomic E-state index is 0.149. The van der Waals surface area contributed by atoms with Crippen LogP contribution in [0.2, 0.25) is 0 Å². The quantitative estimate of drug-likeness (QED) is 0.721. The van der Waals surface area contributed by atoms with E-state index in [0.29, 0.717) is 5.92 Å². The second kappa shape index (κ2) is 7.36. The lowest BCUT2D eigenvalue weighted by Crippen LogP contribution is -2.32. The van der Waals surface area contributed by atoms with E-state index in [2.05, 4.69) is 28.2 Å². The topological polar surface area (TPSA) is 29.1 Å². The zero-order valence-electron chi connectivity index (χ0n) is 8.77. The molecular formula is C10H20BrNO. The van der Waals surface area contributed by atoms with Crippen molar-refractivity contribution in [3.63, 3.8) is 0 Å². The minimum Gasteiger partial charge on any atom is -0.356 e. The van der Waals surface area contributed by atoms with Crippen LogP contribution in [0.4, 0.5) is 0 Å². The molecule has 0 aromatic heterocycles. The van der Waals surface area contributed by atoms with Gasteiger partial charge in [-0.15, -0.1) is 0 Å². The zero-order valence-corrected chi connectivity index (χ0v) is 10.4. The van der Waals surface area contributed by atoms with E-state index in [0.717, 1.165) is 24.7 Å². The number of alkyl halides is 1. The van der Waals surface area contributed by atoms with Gasteiger partial charge in [-0.05, 0) is 18.8 Å². The van der Waals surface area contributed by atoms with Crippen LogP contribution in [0.25, 0.3) is 0 Å². The Labute approximate surface area is 89.6 Å². The Balaban J connectivity index is 3.57. The lowest BCUT2D eigenvalue weighted by atomic mass is 10.1. The van der Waals surface area contributed by atoms with E-state index in [9.17, 15) is 4.79 Å². The van der Waals surface area contributed by atoms with Gasteiger partial charge in [-0.3, -0.25) is 4.79 Å². The second-order valence-corrected chi connectivity index (χ2v) is 4.43. The van der Waals surface area contributed by atoms with E-state index in [1.807, 2.05) is 13.8 Å². The number of rotatable bonds is 6. The third-order valence-corrected chi connectivity index (χ3v) is 2.74. The van der Waals surface area contributed by atoms with E-state index < -0.39 is 0 Å². The molecule has 0 aliphatic heterocycles. The van der Waals surface area contributed by atoms with Gasteiger partial charge in [0, 0.05) is 17.8 Å². The lowest BCUT2D eigenvalue weighted by Gasteiger charge is -2.13. The third kappa shape index (κ3) is 6.08. The van der Waals surface area contributed by atoms with Gasteiger partial charge in [0.1, 0.15) is 0 Å². The van der Waals surface area contributed by atoms with Gasteiger partial charge in [-0.1, -0.05) is 36.7 Å². The number of carbonyl (C=O) groups is 1.